The lowest BCUT2D eigenvalue weighted by Gasteiger charge is -2.16. The summed E-state index contributed by atoms with van der Waals surface area (Å²) in [6.45, 7) is 3.60. The van der Waals surface area contributed by atoms with Crippen LogP contribution in [-0.2, 0) is 0 Å². The van der Waals surface area contributed by atoms with E-state index in [9.17, 15) is 0 Å². The Hall–Kier alpha value is -0.0400. The standard InChI is InChI=1S/C14H27N/c1-2-14(13-9-10-13)15-11-5-8-12-6-3-4-7-12/h12-15H,2-11H2,1H3. The molecule has 2 aliphatic rings. The highest BCUT2D eigenvalue weighted by molar-refractivity contribution is 4.85. The van der Waals surface area contributed by atoms with Crippen LogP contribution in [-0.4, -0.2) is 12.6 Å². The fourth-order valence-corrected chi connectivity index (χ4v) is 3.12. The van der Waals surface area contributed by atoms with E-state index in [-0.39, 0.29) is 0 Å². The molecule has 0 aromatic rings. The molecule has 0 saturated heterocycles. The molecule has 0 aliphatic heterocycles. The lowest BCUT2D eigenvalue weighted by molar-refractivity contribution is 0.416. The second kappa shape index (κ2) is 5.89. The summed E-state index contributed by atoms with van der Waals surface area (Å²) in [6.07, 6.45) is 13.2. The lowest BCUT2D eigenvalue weighted by Crippen LogP contribution is -2.31. The lowest BCUT2D eigenvalue weighted by atomic mass is 10.0. The summed E-state index contributed by atoms with van der Waals surface area (Å²) in [5.41, 5.74) is 0. The van der Waals surface area contributed by atoms with E-state index in [0.29, 0.717) is 0 Å². The van der Waals surface area contributed by atoms with E-state index < -0.39 is 0 Å². The summed E-state index contributed by atoms with van der Waals surface area (Å²) in [5.74, 6) is 2.11. The summed E-state index contributed by atoms with van der Waals surface area (Å²) in [7, 11) is 0. The Balaban J connectivity index is 1.49. The molecule has 0 spiro atoms. The van der Waals surface area contributed by atoms with Gasteiger partial charge in [-0.1, -0.05) is 32.6 Å². The van der Waals surface area contributed by atoms with Crippen molar-refractivity contribution >= 4 is 0 Å². The molecular formula is C14H27N. The summed E-state index contributed by atoms with van der Waals surface area (Å²) < 4.78 is 0. The van der Waals surface area contributed by atoms with Crippen molar-refractivity contribution in [3.05, 3.63) is 0 Å². The maximum atomic E-state index is 3.76. The van der Waals surface area contributed by atoms with Crippen LogP contribution in [0, 0.1) is 11.8 Å². The van der Waals surface area contributed by atoms with Crippen LogP contribution >= 0.6 is 0 Å². The molecule has 0 amide bonds. The number of hydrogen-bond donors (Lipinski definition) is 1. The molecule has 0 aromatic carbocycles. The smallest absolute Gasteiger partial charge is 0.00927 e. The van der Waals surface area contributed by atoms with Crippen molar-refractivity contribution in [2.24, 2.45) is 11.8 Å². The average Bonchev–Trinajstić information content (AvgIpc) is 2.95. The Bertz CT molecular complexity index is 168. The van der Waals surface area contributed by atoms with Crippen LogP contribution in [0.25, 0.3) is 0 Å². The molecule has 1 nitrogen and oxygen atoms in total. The van der Waals surface area contributed by atoms with E-state index >= 15 is 0 Å². The molecule has 2 rings (SSSR count). The van der Waals surface area contributed by atoms with Crippen molar-refractivity contribution in [3.63, 3.8) is 0 Å². The molecule has 88 valence electrons. The van der Waals surface area contributed by atoms with E-state index in [1.54, 1.807) is 0 Å². The number of rotatable bonds is 7. The van der Waals surface area contributed by atoms with Gasteiger partial charge in [0, 0.05) is 6.04 Å². The summed E-state index contributed by atoms with van der Waals surface area (Å²) in [6, 6.07) is 0.841. The van der Waals surface area contributed by atoms with Crippen molar-refractivity contribution in [2.75, 3.05) is 6.54 Å². The largest absolute Gasteiger partial charge is 0.314 e. The van der Waals surface area contributed by atoms with Gasteiger partial charge in [-0.25, -0.2) is 0 Å². The van der Waals surface area contributed by atoms with E-state index in [2.05, 4.69) is 12.2 Å². The predicted molar refractivity (Wildman–Crippen MR) is 66.0 cm³/mol. The first-order valence-electron chi connectivity index (χ1n) is 7.13. The van der Waals surface area contributed by atoms with Crippen LogP contribution in [0.5, 0.6) is 0 Å². The Labute approximate surface area is 95.0 Å². The normalized spacial score (nSPS) is 24.6. The van der Waals surface area contributed by atoms with Gasteiger partial charge in [0.1, 0.15) is 0 Å². The second-order valence-electron chi connectivity index (χ2n) is 5.60. The molecule has 0 bridgehead atoms. The summed E-state index contributed by atoms with van der Waals surface area (Å²) in [4.78, 5) is 0. The Morgan fingerprint density at radius 2 is 1.87 bits per heavy atom. The first kappa shape index (κ1) is 11.4. The molecule has 1 N–H and O–H groups in total. The van der Waals surface area contributed by atoms with E-state index in [1.807, 2.05) is 0 Å². The maximum Gasteiger partial charge on any atom is 0.00927 e. The van der Waals surface area contributed by atoms with Crippen molar-refractivity contribution in [2.45, 2.75) is 70.8 Å². The molecule has 2 fully saturated rings. The third-order valence-corrected chi connectivity index (χ3v) is 4.30. The van der Waals surface area contributed by atoms with Gasteiger partial charge in [0.2, 0.25) is 0 Å². The quantitative estimate of drug-likeness (QED) is 0.630. The monoisotopic (exact) mass is 209 g/mol. The van der Waals surface area contributed by atoms with Crippen molar-refractivity contribution in [1.82, 2.24) is 5.32 Å². The zero-order valence-corrected chi connectivity index (χ0v) is 10.3. The summed E-state index contributed by atoms with van der Waals surface area (Å²) >= 11 is 0. The Kier molecular flexibility index (Phi) is 4.49. The van der Waals surface area contributed by atoms with Gasteiger partial charge in [0.05, 0.1) is 0 Å². The van der Waals surface area contributed by atoms with Crippen LogP contribution < -0.4 is 5.32 Å². The van der Waals surface area contributed by atoms with Gasteiger partial charge in [-0.2, -0.15) is 0 Å². The molecule has 2 aliphatic carbocycles. The number of nitrogens with one attached hydrogen (secondary N) is 1. The van der Waals surface area contributed by atoms with Crippen LogP contribution in [0.4, 0.5) is 0 Å². The zero-order valence-electron chi connectivity index (χ0n) is 10.3. The van der Waals surface area contributed by atoms with Gasteiger partial charge < -0.3 is 5.32 Å². The van der Waals surface area contributed by atoms with E-state index in [1.165, 1.54) is 64.3 Å². The van der Waals surface area contributed by atoms with Crippen molar-refractivity contribution < 1.29 is 0 Å². The van der Waals surface area contributed by atoms with E-state index in [4.69, 9.17) is 0 Å². The van der Waals surface area contributed by atoms with Gasteiger partial charge in [-0.3, -0.25) is 0 Å². The minimum Gasteiger partial charge on any atom is -0.314 e. The molecule has 0 radical (unpaired) electrons. The predicted octanol–water partition coefficient (Wildman–Crippen LogP) is 3.74. The first-order chi connectivity index (χ1) is 7.40. The minimum atomic E-state index is 0.841. The molecule has 1 atom stereocenters. The maximum absolute atomic E-state index is 3.76. The van der Waals surface area contributed by atoms with Gasteiger partial charge >= 0.3 is 0 Å². The highest BCUT2D eigenvalue weighted by Gasteiger charge is 2.29. The molecule has 1 unspecified atom stereocenters. The highest BCUT2D eigenvalue weighted by Crippen LogP contribution is 2.34. The molecule has 1 heteroatoms. The minimum absolute atomic E-state index is 0.841. The molecule has 0 aromatic heterocycles. The van der Waals surface area contributed by atoms with Crippen LogP contribution in [0.2, 0.25) is 0 Å². The van der Waals surface area contributed by atoms with Gasteiger partial charge in [-0.15, -0.1) is 0 Å². The molecule has 2 saturated carbocycles. The van der Waals surface area contributed by atoms with Crippen LogP contribution in [0.1, 0.15) is 64.7 Å². The molecular weight excluding hydrogens is 182 g/mol. The van der Waals surface area contributed by atoms with Gasteiger partial charge in [0.25, 0.3) is 0 Å². The Morgan fingerprint density at radius 3 is 2.47 bits per heavy atom. The average molecular weight is 209 g/mol. The zero-order chi connectivity index (χ0) is 10.5. The van der Waals surface area contributed by atoms with Crippen LogP contribution in [0.15, 0.2) is 0 Å². The molecule has 15 heavy (non-hydrogen) atoms. The summed E-state index contributed by atoms with van der Waals surface area (Å²) in [5, 5.41) is 3.76. The second-order valence-corrected chi connectivity index (χ2v) is 5.60. The van der Waals surface area contributed by atoms with E-state index in [0.717, 1.165) is 17.9 Å². The van der Waals surface area contributed by atoms with Crippen molar-refractivity contribution in [3.8, 4) is 0 Å². The van der Waals surface area contributed by atoms with Gasteiger partial charge in [-0.05, 0) is 50.5 Å². The fourth-order valence-electron chi connectivity index (χ4n) is 3.12. The third-order valence-electron chi connectivity index (χ3n) is 4.30. The van der Waals surface area contributed by atoms with Crippen LogP contribution in [0.3, 0.4) is 0 Å². The first-order valence-corrected chi connectivity index (χ1v) is 7.13. The highest BCUT2D eigenvalue weighted by atomic mass is 14.9. The fraction of sp³-hybridized carbons (Fsp3) is 1.00. The Morgan fingerprint density at radius 1 is 1.13 bits per heavy atom. The number of hydrogen-bond acceptors (Lipinski definition) is 1. The topological polar surface area (TPSA) is 12.0 Å². The van der Waals surface area contributed by atoms with Gasteiger partial charge in [0.15, 0.2) is 0 Å². The molecule has 0 heterocycles. The van der Waals surface area contributed by atoms with Crippen molar-refractivity contribution in [1.29, 1.82) is 0 Å². The third kappa shape index (κ3) is 3.79. The SMILES string of the molecule is CCC(NCCCC1CCCC1)C1CC1.